The Hall–Kier alpha value is -3.74. The normalized spacial score (nSPS) is 22.1. The van der Waals surface area contributed by atoms with E-state index in [1.54, 1.807) is 0 Å². The number of nitrogens with zero attached hydrogens (tertiary/aromatic N) is 3. The van der Waals surface area contributed by atoms with Gasteiger partial charge in [0.1, 0.15) is 11.9 Å². The van der Waals surface area contributed by atoms with Crippen molar-refractivity contribution in [1.82, 2.24) is 0 Å². The topological polar surface area (TPSA) is 67.9 Å². The van der Waals surface area contributed by atoms with Crippen LogP contribution in [0.2, 0.25) is 0 Å². The number of hydrogen-bond donors (Lipinski definition) is 0. The molecule has 5 rings (SSSR count). The van der Waals surface area contributed by atoms with Crippen molar-refractivity contribution in [2.24, 2.45) is 5.41 Å². The minimum atomic E-state index is -1.50. The maximum atomic E-state index is 14.0. The minimum absolute atomic E-state index is 0.259. The third kappa shape index (κ3) is 3.18. The van der Waals surface area contributed by atoms with Crippen LogP contribution in [0.5, 0.6) is 0 Å². The molecule has 1 fully saturated rings. The molecule has 3 aromatic carbocycles. The molecule has 3 aromatic rings. The van der Waals surface area contributed by atoms with Crippen molar-refractivity contribution >= 4 is 33.5 Å². The van der Waals surface area contributed by atoms with Gasteiger partial charge in [0.05, 0.1) is 18.2 Å². The van der Waals surface area contributed by atoms with Gasteiger partial charge in [0, 0.05) is 21.6 Å². The molecule has 0 aliphatic carbocycles. The summed E-state index contributed by atoms with van der Waals surface area (Å²) in [5.74, 6) is -1.42. The number of nitriles is 2. The lowest BCUT2D eigenvalue weighted by atomic mass is 9.69. The molecular formula is C27H17BrFN3O. The van der Waals surface area contributed by atoms with Gasteiger partial charge >= 0.3 is 0 Å². The van der Waals surface area contributed by atoms with Gasteiger partial charge in [-0.25, -0.2) is 4.39 Å². The molecule has 2 aliphatic heterocycles. The van der Waals surface area contributed by atoms with Gasteiger partial charge < -0.3 is 4.90 Å². The molecule has 0 radical (unpaired) electrons. The molecule has 6 heteroatoms. The number of anilines is 1. The van der Waals surface area contributed by atoms with Crippen LogP contribution in [0.4, 0.5) is 10.1 Å². The molecule has 0 saturated carbocycles. The second-order valence-electron chi connectivity index (χ2n) is 8.21. The van der Waals surface area contributed by atoms with E-state index in [9.17, 15) is 19.7 Å². The predicted molar refractivity (Wildman–Crippen MR) is 127 cm³/mol. The number of halogens is 2. The third-order valence-corrected chi connectivity index (χ3v) is 7.07. The largest absolute Gasteiger partial charge is 0.351 e. The van der Waals surface area contributed by atoms with E-state index in [0.717, 1.165) is 21.3 Å². The molecule has 0 bridgehead atoms. The summed E-state index contributed by atoms with van der Waals surface area (Å²) >= 11 is 3.43. The Labute approximate surface area is 199 Å². The van der Waals surface area contributed by atoms with Gasteiger partial charge in [0.15, 0.2) is 11.2 Å². The van der Waals surface area contributed by atoms with E-state index in [-0.39, 0.29) is 5.78 Å². The van der Waals surface area contributed by atoms with Crippen LogP contribution in [0.1, 0.15) is 27.4 Å². The Morgan fingerprint density at radius 1 is 0.970 bits per heavy atom. The molecule has 2 heterocycles. The summed E-state index contributed by atoms with van der Waals surface area (Å²) in [5.41, 5.74) is 1.26. The monoisotopic (exact) mass is 497 g/mol. The predicted octanol–water partition coefficient (Wildman–Crippen LogP) is 5.87. The molecule has 1 saturated heterocycles. The summed E-state index contributed by atoms with van der Waals surface area (Å²) in [6.07, 6.45) is 3.75. The number of fused-ring (bicyclic) bond motifs is 3. The summed E-state index contributed by atoms with van der Waals surface area (Å²) in [6.45, 7) is 0. The Morgan fingerprint density at radius 2 is 1.64 bits per heavy atom. The van der Waals surface area contributed by atoms with Crippen molar-refractivity contribution in [3.63, 3.8) is 0 Å². The molecule has 160 valence electrons. The van der Waals surface area contributed by atoms with Gasteiger partial charge in [0.25, 0.3) is 0 Å². The highest BCUT2D eigenvalue weighted by Crippen LogP contribution is 2.55. The zero-order valence-electron chi connectivity index (χ0n) is 17.3. The molecule has 3 atom stereocenters. The molecule has 0 amide bonds. The zero-order valence-corrected chi connectivity index (χ0v) is 18.9. The van der Waals surface area contributed by atoms with Gasteiger partial charge in [-0.15, -0.1) is 0 Å². The third-order valence-electron chi connectivity index (χ3n) is 6.54. The first-order valence-electron chi connectivity index (χ1n) is 10.4. The maximum absolute atomic E-state index is 14.0. The highest BCUT2D eigenvalue weighted by molar-refractivity contribution is 9.10. The molecule has 33 heavy (non-hydrogen) atoms. The van der Waals surface area contributed by atoms with Crippen molar-refractivity contribution in [2.45, 2.75) is 18.0 Å². The zero-order chi connectivity index (χ0) is 23.2. The molecule has 3 unspecified atom stereocenters. The van der Waals surface area contributed by atoms with Crippen LogP contribution in [0.15, 0.2) is 83.3 Å². The summed E-state index contributed by atoms with van der Waals surface area (Å²) in [5, 5.41) is 20.8. The molecular weight excluding hydrogens is 481 g/mol. The van der Waals surface area contributed by atoms with E-state index >= 15 is 0 Å². The Bertz CT molecular complexity index is 1340. The second-order valence-corrected chi connectivity index (χ2v) is 9.12. The lowest BCUT2D eigenvalue weighted by Gasteiger charge is -2.35. The van der Waals surface area contributed by atoms with Gasteiger partial charge in [0.2, 0.25) is 0 Å². The van der Waals surface area contributed by atoms with Crippen molar-refractivity contribution in [3.8, 4) is 12.1 Å². The SMILES string of the molecule is N#CC1(C#N)C(c2ccc(Br)cc2)C(C(=O)c2ccc(F)cc2)N2c3ccccc3C=CC21. The van der Waals surface area contributed by atoms with Crippen molar-refractivity contribution < 1.29 is 9.18 Å². The summed E-state index contributed by atoms with van der Waals surface area (Å²) in [4.78, 5) is 15.9. The number of Topliss-reactive ketones (excluding diaryl/α,β-unsaturated/α-hetero) is 1. The van der Waals surface area contributed by atoms with Crippen LogP contribution < -0.4 is 4.90 Å². The number of benzene rings is 3. The second kappa shape index (κ2) is 7.99. The van der Waals surface area contributed by atoms with Crippen LogP contribution in [-0.4, -0.2) is 17.9 Å². The van der Waals surface area contributed by atoms with Gasteiger partial charge in [-0.3, -0.25) is 4.79 Å². The minimum Gasteiger partial charge on any atom is -0.351 e. The fourth-order valence-electron chi connectivity index (χ4n) is 5.06. The maximum Gasteiger partial charge on any atom is 0.185 e. The number of carbonyl (C=O) groups excluding carboxylic acids is 1. The lowest BCUT2D eigenvalue weighted by molar-refractivity contribution is 0.0951. The first-order chi connectivity index (χ1) is 16.0. The summed E-state index contributed by atoms with van der Waals surface area (Å²) in [7, 11) is 0. The standard InChI is InChI=1S/C27H17BrFN3O/c28-20-10-5-18(6-11-20)24-25(26(33)19-7-12-21(29)13-8-19)32-22-4-2-1-3-17(22)9-14-23(32)27(24,15-30)16-31/h1-14,23-25H. The van der Waals surface area contributed by atoms with Crippen molar-refractivity contribution in [1.29, 1.82) is 10.5 Å². The number of carbonyl (C=O) groups is 1. The smallest absolute Gasteiger partial charge is 0.185 e. The molecule has 0 N–H and O–H groups in total. The average Bonchev–Trinajstić information content (AvgIpc) is 3.15. The van der Waals surface area contributed by atoms with Crippen LogP contribution in [0.25, 0.3) is 6.08 Å². The Balaban J connectivity index is 1.78. The van der Waals surface area contributed by atoms with Crippen LogP contribution in [0, 0.1) is 33.9 Å². The van der Waals surface area contributed by atoms with Gasteiger partial charge in [-0.2, -0.15) is 10.5 Å². The van der Waals surface area contributed by atoms with Crippen molar-refractivity contribution in [2.75, 3.05) is 4.90 Å². The van der Waals surface area contributed by atoms with Gasteiger partial charge in [-0.05, 0) is 53.6 Å². The molecule has 0 spiro atoms. The summed E-state index contributed by atoms with van der Waals surface area (Å²) < 4.78 is 14.4. The van der Waals surface area contributed by atoms with E-state index in [1.807, 2.05) is 65.6 Å². The van der Waals surface area contributed by atoms with E-state index in [4.69, 9.17) is 0 Å². The first-order valence-corrected chi connectivity index (χ1v) is 11.2. The highest BCUT2D eigenvalue weighted by Gasteiger charge is 2.63. The average molecular weight is 498 g/mol. The summed E-state index contributed by atoms with van der Waals surface area (Å²) in [6, 6.07) is 23.5. The van der Waals surface area contributed by atoms with E-state index in [2.05, 4.69) is 28.1 Å². The molecule has 2 aliphatic rings. The van der Waals surface area contributed by atoms with Crippen LogP contribution >= 0.6 is 15.9 Å². The Kier molecular flexibility index (Phi) is 5.12. The van der Waals surface area contributed by atoms with Crippen LogP contribution in [-0.2, 0) is 0 Å². The quantitative estimate of drug-likeness (QED) is 0.424. The van der Waals surface area contributed by atoms with Crippen LogP contribution in [0.3, 0.4) is 0 Å². The van der Waals surface area contributed by atoms with E-state index in [0.29, 0.717) is 5.56 Å². The molecule has 4 nitrogen and oxygen atoms in total. The molecule has 0 aromatic heterocycles. The number of para-hydroxylation sites is 1. The number of rotatable bonds is 3. The highest BCUT2D eigenvalue weighted by atomic mass is 79.9. The van der Waals surface area contributed by atoms with Gasteiger partial charge in [-0.1, -0.05) is 58.4 Å². The van der Waals surface area contributed by atoms with Crippen molar-refractivity contribution in [3.05, 3.63) is 106 Å². The number of ketones is 1. The fourth-order valence-corrected chi connectivity index (χ4v) is 5.33. The number of hydrogen-bond acceptors (Lipinski definition) is 4. The fraction of sp³-hybridized carbons (Fsp3) is 0.148. The Morgan fingerprint density at radius 3 is 2.30 bits per heavy atom. The van der Waals surface area contributed by atoms with E-state index in [1.165, 1.54) is 24.3 Å². The first kappa shape index (κ1) is 21.1. The lowest BCUT2D eigenvalue weighted by Crippen LogP contribution is -2.44. The van der Waals surface area contributed by atoms with E-state index < -0.39 is 29.2 Å².